The number of aryl methyl sites for hydroxylation is 1. The van der Waals surface area contributed by atoms with Crippen molar-refractivity contribution in [2.45, 2.75) is 33.2 Å². The Morgan fingerprint density at radius 1 is 1.24 bits per heavy atom. The van der Waals surface area contributed by atoms with Gasteiger partial charge in [0.2, 0.25) is 5.91 Å². The first-order valence-corrected chi connectivity index (χ1v) is 8.39. The van der Waals surface area contributed by atoms with Gasteiger partial charge in [-0.2, -0.15) is 0 Å². The maximum absolute atomic E-state index is 12.3. The van der Waals surface area contributed by atoms with Crippen LogP contribution in [0.2, 0.25) is 0 Å². The number of fused-ring (bicyclic) bond motifs is 1. The number of benzene rings is 2. The van der Waals surface area contributed by atoms with E-state index in [0.717, 1.165) is 28.1 Å². The van der Waals surface area contributed by atoms with Crippen LogP contribution >= 0.6 is 0 Å². The van der Waals surface area contributed by atoms with E-state index in [-0.39, 0.29) is 5.91 Å². The van der Waals surface area contributed by atoms with Gasteiger partial charge in [-0.3, -0.25) is 4.79 Å². The average molecular weight is 337 g/mol. The van der Waals surface area contributed by atoms with Crippen molar-refractivity contribution < 1.29 is 9.53 Å². The summed E-state index contributed by atoms with van der Waals surface area (Å²) in [7, 11) is 1.61. The lowest BCUT2D eigenvalue weighted by Crippen LogP contribution is -2.14. The molecule has 1 N–H and O–H groups in total. The number of carbonyl (C=O) groups excluding carboxylic acids is 1. The fourth-order valence-corrected chi connectivity index (χ4v) is 3.12. The van der Waals surface area contributed by atoms with E-state index in [4.69, 9.17) is 4.74 Å². The SMILES string of the molecule is COc1cccc(NC(=O)Cc2ccc3c(c2)nc(C)n3C(C)C)c1. The van der Waals surface area contributed by atoms with Crippen molar-refractivity contribution in [3.8, 4) is 5.75 Å². The molecular weight excluding hydrogens is 314 g/mol. The molecule has 0 bridgehead atoms. The van der Waals surface area contributed by atoms with E-state index in [1.54, 1.807) is 13.2 Å². The molecule has 2 aromatic carbocycles. The zero-order valence-corrected chi connectivity index (χ0v) is 15.0. The Labute approximate surface area is 147 Å². The number of imidazole rings is 1. The van der Waals surface area contributed by atoms with Gasteiger partial charge >= 0.3 is 0 Å². The summed E-state index contributed by atoms with van der Waals surface area (Å²) >= 11 is 0. The van der Waals surface area contributed by atoms with Crippen molar-refractivity contribution in [1.29, 1.82) is 0 Å². The summed E-state index contributed by atoms with van der Waals surface area (Å²) in [6, 6.07) is 13.7. The quantitative estimate of drug-likeness (QED) is 0.762. The van der Waals surface area contributed by atoms with Gasteiger partial charge < -0.3 is 14.6 Å². The first kappa shape index (κ1) is 17.0. The zero-order valence-electron chi connectivity index (χ0n) is 15.0. The predicted molar refractivity (Wildman–Crippen MR) is 100 cm³/mol. The largest absolute Gasteiger partial charge is 0.497 e. The molecule has 25 heavy (non-hydrogen) atoms. The predicted octanol–water partition coefficient (Wildman–Crippen LogP) is 4.12. The van der Waals surface area contributed by atoms with Crippen molar-refractivity contribution in [2.24, 2.45) is 0 Å². The first-order valence-electron chi connectivity index (χ1n) is 8.39. The van der Waals surface area contributed by atoms with E-state index in [0.29, 0.717) is 18.2 Å². The molecule has 0 saturated carbocycles. The van der Waals surface area contributed by atoms with Crippen molar-refractivity contribution in [3.05, 3.63) is 53.9 Å². The summed E-state index contributed by atoms with van der Waals surface area (Å²) in [6.45, 7) is 6.29. The molecule has 0 aliphatic carbocycles. The third-order valence-corrected chi connectivity index (χ3v) is 4.16. The number of hydrogen-bond acceptors (Lipinski definition) is 3. The Hall–Kier alpha value is -2.82. The summed E-state index contributed by atoms with van der Waals surface area (Å²) in [5.41, 5.74) is 3.70. The van der Waals surface area contributed by atoms with Crippen LogP contribution in [0.1, 0.15) is 31.3 Å². The minimum absolute atomic E-state index is 0.0624. The first-order chi connectivity index (χ1) is 12.0. The standard InChI is InChI=1S/C20H23N3O2/c1-13(2)23-14(3)21-18-10-15(8-9-19(18)23)11-20(24)22-16-6-5-7-17(12-16)25-4/h5-10,12-13H,11H2,1-4H3,(H,22,24). The molecule has 0 saturated heterocycles. The third kappa shape index (κ3) is 3.65. The smallest absolute Gasteiger partial charge is 0.228 e. The van der Waals surface area contributed by atoms with Crippen LogP contribution in [-0.4, -0.2) is 22.6 Å². The highest BCUT2D eigenvalue weighted by atomic mass is 16.5. The van der Waals surface area contributed by atoms with Crippen LogP contribution in [0, 0.1) is 6.92 Å². The highest BCUT2D eigenvalue weighted by Crippen LogP contribution is 2.22. The molecule has 1 heterocycles. The zero-order chi connectivity index (χ0) is 18.0. The molecule has 0 radical (unpaired) electrons. The number of aromatic nitrogens is 2. The average Bonchev–Trinajstić information content (AvgIpc) is 2.90. The number of amides is 1. The Balaban J connectivity index is 1.77. The second kappa shape index (κ2) is 6.97. The van der Waals surface area contributed by atoms with Crippen molar-refractivity contribution in [3.63, 3.8) is 0 Å². The number of rotatable bonds is 5. The van der Waals surface area contributed by atoms with Crippen LogP contribution in [0.4, 0.5) is 5.69 Å². The maximum Gasteiger partial charge on any atom is 0.228 e. The van der Waals surface area contributed by atoms with Gasteiger partial charge in [-0.05, 0) is 50.6 Å². The molecule has 0 unspecified atom stereocenters. The molecule has 0 aliphatic rings. The Bertz CT molecular complexity index is 912. The normalized spacial score (nSPS) is 11.1. The fourth-order valence-electron chi connectivity index (χ4n) is 3.12. The van der Waals surface area contributed by atoms with Gasteiger partial charge in [-0.25, -0.2) is 4.98 Å². The van der Waals surface area contributed by atoms with Crippen LogP contribution in [0.5, 0.6) is 5.75 Å². The van der Waals surface area contributed by atoms with Gasteiger partial charge in [0.05, 0.1) is 24.6 Å². The lowest BCUT2D eigenvalue weighted by molar-refractivity contribution is -0.115. The summed E-state index contributed by atoms with van der Waals surface area (Å²) in [6.07, 6.45) is 0.306. The van der Waals surface area contributed by atoms with Crippen LogP contribution < -0.4 is 10.1 Å². The van der Waals surface area contributed by atoms with Crippen LogP contribution in [0.25, 0.3) is 11.0 Å². The molecule has 3 aromatic rings. The number of carbonyl (C=O) groups is 1. The number of anilines is 1. The van der Waals surface area contributed by atoms with Gasteiger partial charge in [0.25, 0.3) is 0 Å². The molecule has 5 heteroatoms. The molecule has 0 fully saturated rings. The Morgan fingerprint density at radius 3 is 2.76 bits per heavy atom. The van der Waals surface area contributed by atoms with Crippen LogP contribution in [0.15, 0.2) is 42.5 Å². The number of nitrogens with zero attached hydrogens (tertiary/aromatic N) is 2. The lowest BCUT2D eigenvalue weighted by atomic mass is 10.1. The number of methoxy groups -OCH3 is 1. The van der Waals surface area contributed by atoms with E-state index in [1.807, 2.05) is 43.3 Å². The highest BCUT2D eigenvalue weighted by Gasteiger charge is 2.12. The molecule has 1 amide bonds. The summed E-state index contributed by atoms with van der Waals surface area (Å²) in [4.78, 5) is 16.9. The number of ether oxygens (including phenoxy) is 1. The minimum Gasteiger partial charge on any atom is -0.497 e. The van der Waals surface area contributed by atoms with Gasteiger partial charge in [-0.1, -0.05) is 12.1 Å². The van der Waals surface area contributed by atoms with E-state index >= 15 is 0 Å². The number of nitrogens with one attached hydrogen (secondary N) is 1. The molecule has 3 rings (SSSR count). The van der Waals surface area contributed by atoms with E-state index in [2.05, 4.69) is 28.7 Å². The summed E-state index contributed by atoms with van der Waals surface area (Å²) < 4.78 is 7.38. The van der Waals surface area contributed by atoms with Gasteiger partial charge in [-0.15, -0.1) is 0 Å². The number of hydrogen-bond donors (Lipinski definition) is 1. The van der Waals surface area contributed by atoms with Crippen molar-refractivity contribution in [2.75, 3.05) is 12.4 Å². The minimum atomic E-state index is -0.0624. The van der Waals surface area contributed by atoms with Gasteiger partial charge in [0.1, 0.15) is 11.6 Å². The topological polar surface area (TPSA) is 56.1 Å². The second-order valence-corrected chi connectivity index (χ2v) is 6.40. The lowest BCUT2D eigenvalue weighted by Gasteiger charge is -2.11. The third-order valence-electron chi connectivity index (χ3n) is 4.16. The molecule has 130 valence electrons. The van der Waals surface area contributed by atoms with Crippen LogP contribution in [-0.2, 0) is 11.2 Å². The Morgan fingerprint density at radius 2 is 2.04 bits per heavy atom. The Kier molecular flexibility index (Phi) is 4.74. The highest BCUT2D eigenvalue weighted by molar-refractivity contribution is 5.93. The van der Waals surface area contributed by atoms with Crippen LogP contribution in [0.3, 0.4) is 0 Å². The molecule has 0 atom stereocenters. The summed E-state index contributed by atoms with van der Waals surface area (Å²) in [5, 5.41) is 2.90. The van der Waals surface area contributed by atoms with Crippen molar-refractivity contribution >= 4 is 22.6 Å². The monoisotopic (exact) mass is 337 g/mol. The van der Waals surface area contributed by atoms with E-state index < -0.39 is 0 Å². The van der Waals surface area contributed by atoms with E-state index in [1.165, 1.54) is 0 Å². The van der Waals surface area contributed by atoms with E-state index in [9.17, 15) is 4.79 Å². The maximum atomic E-state index is 12.3. The molecule has 5 nitrogen and oxygen atoms in total. The molecular formula is C20H23N3O2. The fraction of sp³-hybridized carbons (Fsp3) is 0.300. The summed E-state index contributed by atoms with van der Waals surface area (Å²) in [5.74, 6) is 1.64. The van der Waals surface area contributed by atoms with Crippen molar-refractivity contribution in [1.82, 2.24) is 9.55 Å². The molecule has 1 aromatic heterocycles. The molecule has 0 spiro atoms. The molecule has 0 aliphatic heterocycles. The van der Waals surface area contributed by atoms with Gasteiger partial charge in [0.15, 0.2) is 0 Å². The second-order valence-electron chi connectivity index (χ2n) is 6.40. The van der Waals surface area contributed by atoms with Gasteiger partial charge in [0, 0.05) is 17.8 Å².